The molecule has 0 aliphatic carbocycles. The van der Waals surface area contributed by atoms with Gasteiger partial charge in [-0.05, 0) is 48.7 Å². The molecule has 2 atom stereocenters. The Balaban J connectivity index is 1.49. The molecule has 1 aliphatic heterocycles. The Morgan fingerprint density at radius 3 is 2.56 bits per heavy atom. The van der Waals surface area contributed by atoms with Gasteiger partial charge in [0.2, 0.25) is 5.91 Å². The van der Waals surface area contributed by atoms with E-state index in [9.17, 15) is 4.79 Å². The molecule has 132 valence electrons. The number of hydrogen-bond acceptors (Lipinski definition) is 4. The molecule has 2 aromatic carbocycles. The number of carbonyl (C=O) groups excluding carboxylic acids is 1. The molecule has 0 spiro atoms. The van der Waals surface area contributed by atoms with E-state index in [0.29, 0.717) is 13.2 Å². The van der Waals surface area contributed by atoms with Crippen molar-refractivity contribution in [2.75, 3.05) is 6.61 Å². The molecule has 0 bridgehead atoms. The molecule has 0 saturated carbocycles. The van der Waals surface area contributed by atoms with Gasteiger partial charge in [0.1, 0.15) is 11.8 Å². The van der Waals surface area contributed by atoms with Crippen LogP contribution in [0.15, 0.2) is 53.0 Å². The van der Waals surface area contributed by atoms with Crippen molar-refractivity contribution in [3.63, 3.8) is 0 Å². The molecule has 25 heavy (non-hydrogen) atoms. The number of halogens is 1. The Hall–Kier alpha value is -1.89. The summed E-state index contributed by atoms with van der Waals surface area (Å²) in [5.41, 5.74) is 8.50. The van der Waals surface area contributed by atoms with Crippen LogP contribution in [-0.4, -0.2) is 18.6 Å². The van der Waals surface area contributed by atoms with Crippen LogP contribution >= 0.6 is 15.9 Å². The van der Waals surface area contributed by atoms with Gasteiger partial charge in [0.25, 0.3) is 0 Å². The van der Waals surface area contributed by atoms with Gasteiger partial charge in [0.15, 0.2) is 0 Å². The average Bonchev–Trinajstić information content (AvgIpc) is 3.12. The lowest BCUT2D eigenvalue weighted by atomic mass is 10.0. The predicted molar refractivity (Wildman–Crippen MR) is 101 cm³/mol. The summed E-state index contributed by atoms with van der Waals surface area (Å²) in [7, 11) is 0. The molecule has 1 saturated heterocycles. The summed E-state index contributed by atoms with van der Waals surface area (Å²) in [5, 5.41) is 2.98. The maximum absolute atomic E-state index is 12.4. The zero-order valence-corrected chi connectivity index (χ0v) is 15.7. The van der Waals surface area contributed by atoms with Gasteiger partial charge in [-0.15, -0.1) is 0 Å². The molecule has 0 aromatic heterocycles. The summed E-state index contributed by atoms with van der Waals surface area (Å²) in [6.07, 6.45) is 0.719. The highest BCUT2D eigenvalue weighted by atomic mass is 79.9. The number of nitrogens with one attached hydrogen (secondary N) is 3. The van der Waals surface area contributed by atoms with Crippen molar-refractivity contribution in [3.8, 4) is 5.75 Å². The topological polar surface area (TPSA) is 62.4 Å². The summed E-state index contributed by atoms with van der Waals surface area (Å²) in [4.78, 5) is 12.4. The van der Waals surface area contributed by atoms with Crippen LogP contribution in [-0.2, 0) is 11.3 Å². The van der Waals surface area contributed by atoms with E-state index in [1.54, 1.807) is 0 Å². The minimum absolute atomic E-state index is 0.000923. The average molecular weight is 404 g/mol. The second-order valence-electron chi connectivity index (χ2n) is 5.98. The van der Waals surface area contributed by atoms with E-state index in [2.05, 4.69) is 44.2 Å². The van der Waals surface area contributed by atoms with Gasteiger partial charge in [-0.2, -0.15) is 0 Å². The molecule has 2 unspecified atom stereocenters. The van der Waals surface area contributed by atoms with Crippen molar-refractivity contribution < 1.29 is 9.53 Å². The Labute approximate surface area is 156 Å². The molecule has 2 aromatic rings. The summed E-state index contributed by atoms with van der Waals surface area (Å²) in [5.74, 6) is 0.845. The van der Waals surface area contributed by atoms with Crippen LogP contribution in [0.1, 0.15) is 30.5 Å². The smallest absolute Gasteiger partial charge is 0.238 e. The highest BCUT2D eigenvalue weighted by molar-refractivity contribution is 9.10. The largest absolute Gasteiger partial charge is 0.494 e. The monoisotopic (exact) mass is 403 g/mol. The van der Waals surface area contributed by atoms with Gasteiger partial charge in [-0.1, -0.05) is 40.2 Å². The third-order valence-corrected chi connectivity index (χ3v) is 4.72. The van der Waals surface area contributed by atoms with Crippen molar-refractivity contribution in [1.82, 2.24) is 16.2 Å². The van der Waals surface area contributed by atoms with E-state index in [1.807, 2.05) is 43.3 Å². The van der Waals surface area contributed by atoms with Gasteiger partial charge in [-0.25, -0.2) is 10.9 Å². The van der Waals surface area contributed by atoms with E-state index < -0.39 is 0 Å². The maximum atomic E-state index is 12.4. The third kappa shape index (κ3) is 4.81. The van der Waals surface area contributed by atoms with Gasteiger partial charge in [-0.3, -0.25) is 4.79 Å². The van der Waals surface area contributed by atoms with Crippen LogP contribution in [0.25, 0.3) is 0 Å². The fraction of sp³-hybridized carbons (Fsp3) is 0.316. The van der Waals surface area contributed by atoms with Crippen molar-refractivity contribution in [2.45, 2.75) is 32.0 Å². The number of ether oxygens (including phenoxy) is 1. The molecule has 6 heteroatoms. The van der Waals surface area contributed by atoms with E-state index in [0.717, 1.165) is 27.8 Å². The summed E-state index contributed by atoms with van der Waals surface area (Å²) >= 11 is 3.44. The Bertz CT molecular complexity index is 704. The second kappa shape index (κ2) is 8.47. The zero-order valence-electron chi connectivity index (χ0n) is 14.1. The summed E-state index contributed by atoms with van der Waals surface area (Å²) < 4.78 is 6.47. The van der Waals surface area contributed by atoms with E-state index in [4.69, 9.17) is 4.74 Å². The lowest BCUT2D eigenvalue weighted by Gasteiger charge is -2.11. The van der Waals surface area contributed by atoms with Crippen molar-refractivity contribution in [1.29, 1.82) is 0 Å². The first-order valence-electron chi connectivity index (χ1n) is 8.41. The van der Waals surface area contributed by atoms with Crippen LogP contribution in [0, 0.1) is 0 Å². The highest BCUT2D eigenvalue weighted by Gasteiger charge is 2.29. The number of amides is 1. The Morgan fingerprint density at radius 2 is 1.88 bits per heavy atom. The molecule has 3 rings (SSSR count). The van der Waals surface area contributed by atoms with Crippen molar-refractivity contribution >= 4 is 21.8 Å². The Morgan fingerprint density at radius 1 is 1.16 bits per heavy atom. The van der Waals surface area contributed by atoms with E-state index in [-0.39, 0.29) is 18.0 Å². The van der Waals surface area contributed by atoms with Crippen molar-refractivity contribution in [3.05, 3.63) is 64.1 Å². The minimum atomic E-state index is -0.239. The number of benzene rings is 2. The maximum Gasteiger partial charge on any atom is 0.238 e. The summed E-state index contributed by atoms with van der Waals surface area (Å²) in [6, 6.07) is 15.8. The van der Waals surface area contributed by atoms with Gasteiger partial charge >= 0.3 is 0 Å². The first kappa shape index (κ1) is 17.9. The lowest BCUT2D eigenvalue weighted by molar-refractivity contribution is -0.123. The molecule has 1 amide bonds. The highest BCUT2D eigenvalue weighted by Crippen LogP contribution is 2.23. The number of rotatable bonds is 6. The predicted octanol–water partition coefficient (Wildman–Crippen LogP) is 3.07. The molecular weight excluding hydrogens is 382 g/mol. The van der Waals surface area contributed by atoms with Gasteiger partial charge in [0, 0.05) is 17.1 Å². The zero-order chi connectivity index (χ0) is 17.6. The quantitative estimate of drug-likeness (QED) is 0.693. The van der Waals surface area contributed by atoms with Gasteiger partial charge in [0.05, 0.1) is 6.61 Å². The standard InChI is InChI=1S/C19H22BrN3O2/c1-2-25-16-9-3-13(4-10-16)12-21-19(24)18-11-17(22-23-18)14-5-7-15(20)8-6-14/h3-10,17-18,22-23H,2,11-12H2,1H3,(H,21,24). The molecule has 0 radical (unpaired) electrons. The van der Waals surface area contributed by atoms with Crippen LogP contribution in [0.5, 0.6) is 5.75 Å². The normalized spacial score (nSPS) is 19.6. The molecule has 1 heterocycles. The molecule has 1 fully saturated rings. The third-order valence-electron chi connectivity index (χ3n) is 4.19. The fourth-order valence-corrected chi connectivity index (χ4v) is 3.09. The van der Waals surface area contributed by atoms with E-state index in [1.165, 1.54) is 0 Å². The first-order chi connectivity index (χ1) is 12.2. The first-order valence-corrected chi connectivity index (χ1v) is 9.21. The number of hydrazine groups is 1. The van der Waals surface area contributed by atoms with Crippen LogP contribution in [0.2, 0.25) is 0 Å². The number of carbonyl (C=O) groups is 1. The minimum Gasteiger partial charge on any atom is -0.494 e. The van der Waals surface area contributed by atoms with Crippen LogP contribution in [0.4, 0.5) is 0 Å². The molecule has 5 nitrogen and oxygen atoms in total. The van der Waals surface area contributed by atoms with Crippen LogP contribution in [0.3, 0.4) is 0 Å². The molecule has 3 N–H and O–H groups in total. The van der Waals surface area contributed by atoms with E-state index >= 15 is 0 Å². The Kier molecular flexibility index (Phi) is 6.07. The second-order valence-corrected chi connectivity index (χ2v) is 6.89. The fourth-order valence-electron chi connectivity index (χ4n) is 2.82. The lowest BCUT2D eigenvalue weighted by Crippen LogP contribution is -2.42. The molecule has 1 aliphatic rings. The summed E-state index contributed by atoms with van der Waals surface area (Å²) in [6.45, 7) is 3.11. The van der Waals surface area contributed by atoms with Gasteiger partial charge < -0.3 is 10.1 Å². The number of hydrogen-bond donors (Lipinski definition) is 3. The SMILES string of the molecule is CCOc1ccc(CNC(=O)C2CC(c3ccc(Br)cc3)NN2)cc1. The van der Waals surface area contributed by atoms with Crippen molar-refractivity contribution in [2.24, 2.45) is 0 Å². The molecular formula is C19H22BrN3O2. The van der Waals surface area contributed by atoms with Crippen LogP contribution < -0.4 is 20.9 Å².